The van der Waals surface area contributed by atoms with Crippen LogP contribution in [0.3, 0.4) is 0 Å². The molecule has 0 spiro atoms. The molecule has 3 aromatic rings. The van der Waals surface area contributed by atoms with Gasteiger partial charge in [-0.05, 0) is 24.5 Å². The van der Waals surface area contributed by atoms with Crippen LogP contribution in [0.15, 0.2) is 40.9 Å². The van der Waals surface area contributed by atoms with E-state index < -0.39 is 0 Å². The number of carbonyl (C=O) groups excluding carboxylic acids is 1. The molecule has 6 nitrogen and oxygen atoms in total. The molecule has 0 atom stereocenters. The lowest BCUT2D eigenvalue weighted by Gasteiger charge is -2.26. The second-order valence-electron chi connectivity index (χ2n) is 6.55. The second kappa shape index (κ2) is 7.35. The number of fused-ring (bicyclic) bond motifs is 1. The number of nitrogens with zero attached hydrogens (tertiary/aromatic N) is 3. The Bertz CT molecular complexity index is 1020. The lowest BCUT2D eigenvalue weighted by Crippen LogP contribution is -2.29. The van der Waals surface area contributed by atoms with Crippen molar-refractivity contribution in [2.45, 2.75) is 26.4 Å². The molecule has 3 heterocycles. The number of anilines is 1. The molecule has 0 saturated carbocycles. The van der Waals surface area contributed by atoms with Crippen molar-refractivity contribution in [1.29, 1.82) is 5.26 Å². The van der Waals surface area contributed by atoms with Gasteiger partial charge in [0.2, 0.25) is 5.76 Å². The summed E-state index contributed by atoms with van der Waals surface area (Å²) in [6, 6.07) is 14.2. The lowest BCUT2D eigenvalue weighted by atomic mass is 10.0. The molecule has 1 aliphatic heterocycles. The highest BCUT2D eigenvalue weighted by Gasteiger charge is 2.26. The number of thiophene rings is 1. The molecule has 0 radical (unpaired) electrons. The van der Waals surface area contributed by atoms with E-state index >= 15 is 0 Å². The van der Waals surface area contributed by atoms with E-state index in [1.54, 1.807) is 13.0 Å². The van der Waals surface area contributed by atoms with Crippen molar-refractivity contribution < 1.29 is 9.32 Å². The summed E-state index contributed by atoms with van der Waals surface area (Å²) in [6.07, 6.45) is 0.804. The molecule has 4 rings (SSSR count). The van der Waals surface area contributed by atoms with Crippen LogP contribution in [0.1, 0.15) is 37.8 Å². The zero-order valence-electron chi connectivity index (χ0n) is 14.9. The zero-order valence-corrected chi connectivity index (χ0v) is 15.7. The van der Waals surface area contributed by atoms with E-state index in [9.17, 15) is 10.1 Å². The van der Waals surface area contributed by atoms with Gasteiger partial charge in [0.05, 0.1) is 11.3 Å². The highest BCUT2D eigenvalue weighted by molar-refractivity contribution is 7.16. The fourth-order valence-electron chi connectivity index (χ4n) is 3.27. The normalized spacial score (nSPS) is 13.8. The van der Waals surface area contributed by atoms with Gasteiger partial charge in [0, 0.05) is 30.6 Å². The summed E-state index contributed by atoms with van der Waals surface area (Å²) in [5, 5.41) is 16.7. The molecular formula is C20H18N4O2S. The van der Waals surface area contributed by atoms with Gasteiger partial charge in [-0.25, -0.2) is 0 Å². The summed E-state index contributed by atoms with van der Waals surface area (Å²) in [4.78, 5) is 15.9. The van der Waals surface area contributed by atoms with Crippen LogP contribution < -0.4 is 5.32 Å². The highest BCUT2D eigenvalue weighted by Crippen LogP contribution is 2.37. The number of nitrogens with one attached hydrogen (secondary N) is 1. The van der Waals surface area contributed by atoms with Crippen molar-refractivity contribution in [2.75, 3.05) is 11.9 Å². The molecule has 0 aliphatic carbocycles. The van der Waals surface area contributed by atoms with Crippen LogP contribution in [0.5, 0.6) is 0 Å². The fraction of sp³-hybridized carbons (Fsp3) is 0.250. The molecule has 2 aromatic heterocycles. The third-order valence-electron chi connectivity index (χ3n) is 4.58. The van der Waals surface area contributed by atoms with Crippen LogP contribution in [-0.2, 0) is 19.5 Å². The first-order chi connectivity index (χ1) is 13.1. The first-order valence-corrected chi connectivity index (χ1v) is 9.51. The van der Waals surface area contributed by atoms with E-state index in [1.165, 1.54) is 16.9 Å². The molecule has 0 unspecified atom stereocenters. The number of aryl methyl sites for hydroxylation is 1. The molecule has 7 heteroatoms. The van der Waals surface area contributed by atoms with Gasteiger partial charge in [0.1, 0.15) is 11.1 Å². The van der Waals surface area contributed by atoms with Crippen LogP contribution in [0.2, 0.25) is 0 Å². The number of amides is 1. The molecular weight excluding hydrogens is 360 g/mol. The second-order valence-corrected chi connectivity index (χ2v) is 7.66. The first-order valence-electron chi connectivity index (χ1n) is 8.69. The van der Waals surface area contributed by atoms with Crippen molar-refractivity contribution in [2.24, 2.45) is 0 Å². The van der Waals surface area contributed by atoms with Crippen LogP contribution in [0.25, 0.3) is 0 Å². The fourth-order valence-corrected chi connectivity index (χ4v) is 4.51. The van der Waals surface area contributed by atoms with Gasteiger partial charge >= 0.3 is 0 Å². The van der Waals surface area contributed by atoms with E-state index in [4.69, 9.17) is 4.52 Å². The van der Waals surface area contributed by atoms with Gasteiger partial charge in [-0.15, -0.1) is 11.3 Å². The molecule has 1 aromatic carbocycles. The summed E-state index contributed by atoms with van der Waals surface area (Å²) in [7, 11) is 0. The monoisotopic (exact) mass is 378 g/mol. The molecule has 0 fully saturated rings. The minimum Gasteiger partial charge on any atom is -0.351 e. The van der Waals surface area contributed by atoms with E-state index in [-0.39, 0.29) is 11.7 Å². The number of rotatable bonds is 4. The Hall–Kier alpha value is -2.95. The van der Waals surface area contributed by atoms with Gasteiger partial charge in [-0.2, -0.15) is 5.26 Å². The molecule has 1 aliphatic rings. The van der Waals surface area contributed by atoms with Crippen LogP contribution in [0, 0.1) is 18.3 Å². The lowest BCUT2D eigenvalue weighted by molar-refractivity contribution is 0.0988. The minimum atomic E-state index is -0.383. The van der Waals surface area contributed by atoms with Gasteiger partial charge < -0.3 is 9.84 Å². The van der Waals surface area contributed by atoms with Gasteiger partial charge in [0.25, 0.3) is 5.91 Å². The Labute approximate surface area is 161 Å². The van der Waals surface area contributed by atoms with Gasteiger partial charge in [-0.3, -0.25) is 9.69 Å². The summed E-state index contributed by atoms with van der Waals surface area (Å²) in [5.74, 6) is -0.236. The molecule has 1 amide bonds. The summed E-state index contributed by atoms with van der Waals surface area (Å²) in [5.41, 5.74) is 3.53. The Balaban J connectivity index is 1.53. The highest BCUT2D eigenvalue weighted by atomic mass is 32.1. The molecule has 27 heavy (non-hydrogen) atoms. The largest absolute Gasteiger partial charge is 0.351 e. The molecule has 136 valence electrons. The standard InChI is InChI=1S/C20H18N4O2S/c1-13-9-17(26-23-13)19(25)22-20-16(10-21)15-7-8-24(12-18(15)27-20)11-14-5-3-2-4-6-14/h2-6,9H,7-8,11-12H2,1H3,(H,22,25). The van der Waals surface area contributed by atoms with E-state index in [0.29, 0.717) is 16.3 Å². The number of benzene rings is 1. The molecule has 1 N–H and O–H groups in total. The maximum absolute atomic E-state index is 12.4. The third-order valence-corrected chi connectivity index (χ3v) is 5.71. The van der Waals surface area contributed by atoms with Crippen LogP contribution in [0.4, 0.5) is 5.00 Å². The summed E-state index contributed by atoms with van der Waals surface area (Å²) < 4.78 is 5.01. The number of carbonyl (C=O) groups is 1. The van der Waals surface area contributed by atoms with Crippen molar-refractivity contribution in [3.05, 3.63) is 69.4 Å². The predicted molar refractivity (Wildman–Crippen MR) is 102 cm³/mol. The van der Waals surface area contributed by atoms with Gasteiger partial charge in [0.15, 0.2) is 0 Å². The van der Waals surface area contributed by atoms with E-state index in [1.807, 2.05) is 18.2 Å². The van der Waals surface area contributed by atoms with Crippen LogP contribution >= 0.6 is 11.3 Å². The maximum Gasteiger partial charge on any atom is 0.294 e. The Morgan fingerprint density at radius 1 is 1.41 bits per heavy atom. The van der Waals surface area contributed by atoms with Crippen LogP contribution in [-0.4, -0.2) is 22.5 Å². The molecule has 0 bridgehead atoms. The zero-order chi connectivity index (χ0) is 18.8. The number of nitriles is 1. The predicted octanol–water partition coefficient (Wildman–Crippen LogP) is 3.73. The smallest absolute Gasteiger partial charge is 0.294 e. The quantitative estimate of drug-likeness (QED) is 0.748. The minimum absolute atomic E-state index is 0.147. The Kier molecular flexibility index (Phi) is 4.75. The first kappa shape index (κ1) is 17.5. The number of aromatic nitrogens is 1. The average Bonchev–Trinajstić information content (AvgIpc) is 3.25. The topological polar surface area (TPSA) is 82.2 Å². The van der Waals surface area contributed by atoms with Crippen molar-refractivity contribution in [3.63, 3.8) is 0 Å². The van der Waals surface area contributed by atoms with E-state index in [2.05, 4.69) is 33.6 Å². The van der Waals surface area contributed by atoms with Crippen molar-refractivity contribution in [1.82, 2.24) is 10.1 Å². The summed E-state index contributed by atoms with van der Waals surface area (Å²) in [6.45, 7) is 4.30. The van der Waals surface area contributed by atoms with Crippen molar-refractivity contribution >= 4 is 22.2 Å². The number of hydrogen-bond donors (Lipinski definition) is 1. The van der Waals surface area contributed by atoms with E-state index in [0.717, 1.165) is 36.5 Å². The SMILES string of the molecule is Cc1cc(C(=O)Nc2sc3c(c2C#N)CCN(Cc2ccccc2)C3)on1. The Morgan fingerprint density at radius 3 is 2.93 bits per heavy atom. The maximum atomic E-state index is 12.4. The number of hydrogen-bond acceptors (Lipinski definition) is 6. The van der Waals surface area contributed by atoms with Crippen molar-refractivity contribution in [3.8, 4) is 6.07 Å². The average molecular weight is 378 g/mol. The van der Waals surface area contributed by atoms with Gasteiger partial charge in [-0.1, -0.05) is 35.5 Å². The Morgan fingerprint density at radius 2 is 2.22 bits per heavy atom. The molecule has 0 saturated heterocycles. The third kappa shape index (κ3) is 3.63. The summed E-state index contributed by atoms with van der Waals surface area (Å²) >= 11 is 1.47.